The zero-order valence-corrected chi connectivity index (χ0v) is 27.4. The molecule has 4 saturated heterocycles. The van der Waals surface area contributed by atoms with Gasteiger partial charge in [0, 0.05) is 20.5 Å². The standard InChI is InChI=1S/C34H50O12/c1-16-27(36)23(35)13-25(42-16)46-29-17(2)43-32(28(37)30(29)39-5)44-20-10-11-33(3)19(12-20)7-8-21-22(33)9-6-18-14-40-34(4)26(18)24(15-41-34)45-31(21)38/h7,14,16-17,20-30,32,35-37H,6,8-13,15H2,1-5H3/t16-,17+,20-,21?,22?,23-,24?,25-,26?,27-,28+,29+,30+,32-,33-,34-/m0/s1. The molecule has 258 valence electrons. The predicted octanol–water partition coefficient (Wildman–Crippen LogP) is 2.47. The Morgan fingerprint density at radius 1 is 1.00 bits per heavy atom. The molecule has 0 aromatic rings. The highest BCUT2D eigenvalue weighted by molar-refractivity contribution is 5.74. The van der Waals surface area contributed by atoms with Crippen molar-refractivity contribution in [3.63, 3.8) is 0 Å². The number of methoxy groups -OCH3 is 1. The van der Waals surface area contributed by atoms with Crippen LogP contribution in [-0.4, -0.2) is 108 Å². The molecule has 1 saturated carbocycles. The third-order valence-electron chi connectivity index (χ3n) is 12.1. The van der Waals surface area contributed by atoms with Gasteiger partial charge in [0.25, 0.3) is 0 Å². The number of carbonyl (C=O) groups excluding carboxylic acids is 1. The van der Waals surface area contributed by atoms with Crippen LogP contribution in [-0.2, 0) is 42.7 Å². The van der Waals surface area contributed by atoms with E-state index in [4.69, 9.17) is 37.9 Å². The number of aliphatic hydroxyl groups excluding tert-OH is 3. The second-order valence-corrected chi connectivity index (χ2v) is 14.8. The number of esters is 1. The van der Waals surface area contributed by atoms with Crippen molar-refractivity contribution in [3.8, 4) is 0 Å². The average Bonchev–Trinajstić information content (AvgIpc) is 3.53. The van der Waals surface area contributed by atoms with Crippen LogP contribution in [0.25, 0.3) is 0 Å². The second-order valence-electron chi connectivity index (χ2n) is 14.8. The minimum Gasteiger partial charge on any atom is -0.469 e. The maximum absolute atomic E-state index is 13.6. The van der Waals surface area contributed by atoms with Crippen LogP contribution in [0, 0.1) is 23.2 Å². The zero-order valence-electron chi connectivity index (χ0n) is 27.4. The van der Waals surface area contributed by atoms with Gasteiger partial charge in [-0.2, -0.15) is 0 Å². The summed E-state index contributed by atoms with van der Waals surface area (Å²) in [5, 5.41) is 31.6. The fourth-order valence-corrected chi connectivity index (χ4v) is 9.35. The molecule has 0 radical (unpaired) electrons. The highest BCUT2D eigenvalue weighted by atomic mass is 16.7. The first-order chi connectivity index (χ1) is 21.9. The first kappa shape index (κ1) is 32.9. The Bertz CT molecular complexity index is 1210. The molecule has 3 N–H and O–H groups in total. The normalized spacial score (nSPS) is 52.0. The summed E-state index contributed by atoms with van der Waals surface area (Å²) in [6.45, 7) is 8.08. The van der Waals surface area contributed by atoms with E-state index < -0.39 is 61.1 Å². The van der Waals surface area contributed by atoms with Crippen LogP contribution < -0.4 is 0 Å². The second kappa shape index (κ2) is 12.4. The third kappa shape index (κ3) is 5.55. The first-order valence-corrected chi connectivity index (χ1v) is 17.0. The number of carbonyl (C=O) groups is 1. The van der Waals surface area contributed by atoms with Crippen molar-refractivity contribution in [2.75, 3.05) is 13.7 Å². The molecule has 12 heteroatoms. The molecule has 7 rings (SSSR count). The predicted molar refractivity (Wildman–Crippen MR) is 160 cm³/mol. The van der Waals surface area contributed by atoms with E-state index in [9.17, 15) is 20.1 Å². The van der Waals surface area contributed by atoms with Gasteiger partial charge < -0.3 is 53.2 Å². The van der Waals surface area contributed by atoms with Gasteiger partial charge in [-0.15, -0.1) is 0 Å². The number of ether oxygens (including phenoxy) is 8. The Balaban J connectivity index is 1.01. The lowest BCUT2D eigenvalue weighted by molar-refractivity contribution is -0.343. The summed E-state index contributed by atoms with van der Waals surface area (Å²) in [5.41, 5.74) is 2.28. The monoisotopic (exact) mass is 650 g/mol. The van der Waals surface area contributed by atoms with Gasteiger partial charge in [0.15, 0.2) is 12.6 Å². The SMILES string of the molecule is CO[C@@H]1[C@@H](O)[C@H](O[C@H]2CC[C@@]3(C)C(=CCC4C(=O)OC5CO[C@]6(C)OC=C(CCC43)C56)C2)O[C@H](C)[C@H]1O[C@H]1C[C@H](O)[C@@H](O)[C@H](C)O1. The Morgan fingerprint density at radius 3 is 2.57 bits per heavy atom. The molecule has 0 spiro atoms. The molecule has 46 heavy (non-hydrogen) atoms. The van der Waals surface area contributed by atoms with E-state index in [-0.39, 0.29) is 47.8 Å². The van der Waals surface area contributed by atoms with Crippen LogP contribution >= 0.6 is 0 Å². The summed E-state index contributed by atoms with van der Waals surface area (Å²) in [6.07, 6.45) is 0.901. The topological polar surface area (TPSA) is 152 Å². The Labute approximate surface area is 270 Å². The molecular formula is C34H50O12. The van der Waals surface area contributed by atoms with E-state index in [1.165, 1.54) is 18.3 Å². The molecule has 16 atom stereocenters. The lowest BCUT2D eigenvalue weighted by Gasteiger charge is -2.51. The summed E-state index contributed by atoms with van der Waals surface area (Å²) in [5.74, 6) is -1.04. The number of fused-ring (bicyclic) bond motifs is 3. The summed E-state index contributed by atoms with van der Waals surface area (Å²) >= 11 is 0. The maximum Gasteiger partial charge on any atom is 0.309 e. The quantitative estimate of drug-likeness (QED) is 0.296. The molecule has 7 aliphatic rings. The van der Waals surface area contributed by atoms with Crippen LogP contribution in [0.5, 0.6) is 0 Å². The number of aliphatic hydroxyl groups is 3. The van der Waals surface area contributed by atoms with Crippen molar-refractivity contribution >= 4 is 5.97 Å². The summed E-state index contributed by atoms with van der Waals surface area (Å²) in [7, 11) is 1.51. The van der Waals surface area contributed by atoms with Crippen molar-refractivity contribution in [2.24, 2.45) is 23.2 Å². The van der Waals surface area contributed by atoms with Crippen LogP contribution in [0.3, 0.4) is 0 Å². The smallest absolute Gasteiger partial charge is 0.309 e. The molecule has 0 bridgehead atoms. The van der Waals surface area contributed by atoms with Gasteiger partial charge in [-0.25, -0.2) is 0 Å². The third-order valence-corrected chi connectivity index (χ3v) is 12.1. The number of rotatable bonds is 5. The Kier molecular flexibility index (Phi) is 8.85. The summed E-state index contributed by atoms with van der Waals surface area (Å²) in [6, 6.07) is 0. The van der Waals surface area contributed by atoms with Crippen molar-refractivity contribution < 1.29 is 58.0 Å². The molecular weight excluding hydrogens is 600 g/mol. The summed E-state index contributed by atoms with van der Waals surface area (Å²) < 4.78 is 48.2. The van der Waals surface area contributed by atoms with E-state index in [1.54, 1.807) is 6.92 Å². The van der Waals surface area contributed by atoms with Crippen molar-refractivity contribution in [3.05, 3.63) is 23.5 Å². The molecule has 2 aliphatic carbocycles. The van der Waals surface area contributed by atoms with Gasteiger partial charge in [0.2, 0.25) is 5.79 Å². The zero-order chi connectivity index (χ0) is 32.5. The number of hydrogen-bond donors (Lipinski definition) is 3. The van der Waals surface area contributed by atoms with Gasteiger partial charge in [-0.05, 0) is 69.3 Å². The van der Waals surface area contributed by atoms with Crippen molar-refractivity contribution in [2.45, 2.75) is 146 Å². The fraction of sp³-hybridized carbons (Fsp3) is 0.853. The van der Waals surface area contributed by atoms with Crippen LogP contribution in [0.15, 0.2) is 23.5 Å². The first-order valence-electron chi connectivity index (χ1n) is 17.0. The molecule has 5 heterocycles. The average molecular weight is 651 g/mol. The fourth-order valence-electron chi connectivity index (χ4n) is 9.35. The van der Waals surface area contributed by atoms with Crippen LogP contribution in [0.2, 0.25) is 0 Å². The van der Waals surface area contributed by atoms with Gasteiger partial charge in [0.05, 0.1) is 49.1 Å². The van der Waals surface area contributed by atoms with E-state index in [2.05, 4.69) is 13.0 Å². The van der Waals surface area contributed by atoms with Crippen LogP contribution in [0.4, 0.5) is 0 Å². The maximum atomic E-state index is 13.6. The Hall–Kier alpha value is -1.61. The van der Waals surface area contributed by atoms with E-state index in [0.717, 1.165) is 25.7 Å². The highest BCUT2D eigenvalue weighted by Gasteiger charge is 2.58. The van der Waals surface area contributed by atoms with E-state index in [1.807, 2.05) is 20.1 Å². The van der Waals surface area contributed by atoms with Crippen molar-refractivity contribution in [1.29, 1.82) is 0 Å². The minimum atomic E-state index is -1.12. The Morgan fingerprint density at radius 2 is 1.80 bits per heavy atom. The van der Waals surface area contributed by atoms with Crippen LogP contribution in [0.1, 0.15) is 72.6 Å². The van der Waals surface area contributed by atoms with Gasteiger partial charge in [-0.3, -0.25) is 4.79 Å². The largest absolute Gasteiger partial charge is 0.469 e. The van der Waals surface area contributed by atoms with Crippen molar-refractivity contribution in [1.82, 2.24) is 0 Å². The van der Waals surface area contributed by atoms with Gasteiger partial charge in [0.1, 0.15) is 30.5 Å². The molecule has 5 aliphatic heterocycles. The number of allylic oxidation sites excluding steroid dienone is 1. The molecule has 5 fully saturated rings. The highest BCUT2D eigenvalue weighted by Crippen LogP contribution is 2.57. The minimum absolute atomic E-state index is 0.0653. The van der Waals surface area contributed by atoms with E-state index >= 15 is 0 Å². The molecule has 12 nitrogen and oxygen atoms in total. The summed E-state index contributed by atoms with van der Waals surface area (Å²) in [4.78, 5) is 13.6. The van der Waals surface area contributed by atoms with Gasteiger partial charge >= 0.3 is 5.97 Å². The molecule has 0 aromatic carbocycles. The molecule has 0 amide bonds. The van der Waals surface area contributed by atoms with Gasteiger partial charge in [-0.1, -0.05) is 18.6 Å². The lowest BCUT2D eigenvalue weighted by atomic mass is 9.55. The van der Waals surface area contributed by atoms with E-state index in [0.29, 0.717) is 19.4 Å². The lowest BCUT2D eigenvalue weighted by Crippen LogP contribution is -2.61. The molecule has 0 aromatic heterocycles. The number of hydrogen-bond acceptors (Lipinski definition) is 12. The molecule has 4 unspecified atom stereocenters.